The van der Waals surface area contributed by atoms with Gasteiger partial charge in [0.15, 0.2) is 5.78 Å². The Balaban J connectivity index is 1.45. The summed E-state index contributed by atoms with van der Waals surface area (Å²) in [6.07, 6.45) is -7.41. The maximum absolute atomic E-state index is 13.7. The van der Waals surface area contributed by atoms with Crippen molar-refractivity contribution >= 4 is 11.7 Å². The molecule has 2 aromatic rings. The van der Waals surface area contributed by atoms with Crippen LogP contribution in [0.15, 0.2) is 54.2 Å². The molecule has 0 spiro atoms. The molecule has 5 rings (SSSR count). The lowest BCUT2D eigenvalue weighted by Crippen LogP contribution is -2.46. The molecule has 39 heavy (non-hydrogen) atoms. The van der Waals surface area contributed by atoms with E-state index < -0.39 is 47.7 Å². The summed E-state index contributed by atoms with van der Waals surface area (Å²) in [4.78, 5) is 28.9. The Morgan fingerprint density at radius 2 is 1.54 bits per heavy atom. The molecule has 3 aliphatic rings. The summed E-state index contributed by atoms with van der Waals surface area (Å²) < 4.78 is 93.9. The van der Waals surface area contributed by atoms with E-state index in [1.165, 1.54) is 17.0 Å². The third-order valence-corrected chi connectivity index (χ3v) is 7.87. The molecule has 2 heterocycles. The van der Waals surface area contributed by atoms with Crippen LogP contribution in [0.1, 0.15) is 47.6 Å². The quantitative estimate of drug-likeness (QED) is 0.425. The van der Waals surface area contributed by atoms with Gasteiger partial charge in [0.05, 0.1) is 23.6 Å². The van der Waals surface area contributed by atoms with Crippen LogP contribution in [0.2, 0.25) is 0 Å². The van der Waals surface area contributed by atoms with Gasteiger partial charge in [-0.25, -0.2) is 4.39 Å². The molecule has 0 aromatic heterocycles. The van der Waals surface area contributed by atoms with Gasteiger partial charge in [-0.1, -0.05) is 12.1 Å². The van der Waals surface area contributed by atoms with E-state index in [0.29, 0.717) is 50.0 Å². The number of hydrogen-bond donors (Lipinski definition) is 0. The smallest absolute Gasteiger partial charge is 0.374 e. The van der Waals surface area contributed by atoms with Crippen molar-refractivity contribution in [3.05, 3.63) is 82.3 Å². The minimum Gasteiger partial charge on any atom is -0.374 e. The first-order valence-electron chi connectivity index (χ1n) is 12.6. The number of likely N-dealkylation sites (tertiary alicyclic amines) is 2. The molecular formula is C28H25F7N2O2. The molecule has 4 nitrogen and oxygen atoms in total. The van der Waals surface area contributed by atoms with Gasteiger partial charge in [0, 0.05) is 43.7 Å². The van der Waals surface area contributed by atoms with Crippen molar-refractivity contribution in [2.24, 2.45) is 11.8 Å². The van der Waals surface area contributed by atoms with E-state index in [9.17, 15) is 40.3 Å². The molecule has 11 heteroatoms. The number of halogens is 7. The molecule has 2 aromatic carbocycles. The van der Waals surface area contributed by atoms with Crippen LogP contribution >= 0.6 is 0 Å². The Bertz CT molecular complexity index is 1270. The van der Waals surface area contributed by atoms with Gasteiger partial charge >= 0.3 is 12.4 Å². The molecule has 1 amide bonds. The second-order valence-electron chi connectivity index (χ2n) is 10.4. The lowest BCUT2D eigenvalue weighted by Gasteiger charge is -2.43. The van der Waals surface area contributed by atoms with Crippen molar-refractivity contribution in [2.75, 3.05) is 19.6 Å². The average molecular weight is 555 g/mol. The molecule has 0 N–H and O–H groups in total. The predicted molar refractivity (Wildman–Crippen MR) is 126 cm³/mol. The van der Waals surface area contributed by atoms with Crippen molar-refractivity contribution in [1.29, 1.82) is 0 Å². The highest BCUT2D eigenvalue weighted by Crippen LogP contribution is 2.46. The van der Waals surface area contributed by atoms with Crippen molar-refractivity contribution in [2.45, 2.75) is 44.1 Å². The summed E-state index contributed by atoms with van der Waals surface area (Å²) >= 11 is 0. The minimum atomic E-state index is -5.02. The first kappa shape index (κ1) is 27.2. The third kappa shape index (κ3) is 5.67. The number of alkyl halides is 6. The average Bonchev–Trinajstić information content (AvgIpc) is 3.49. The van der Waals surface area contributed by atoms with E-state index in [-0.39, 0.29) is 35.8 Å². The van der Waals surface area contributed by atoms with Crippen LogP contribution < -0.4 is 0 Å². The predicted octanol–water partition coefficient (Wildman–Crippen LogP) is 6.17. The van der Waals surface area contributed by atoms with E-state index >= 15 is 0 Å². The molecule has 208 valence electrons. The number of rotatable bonds is 4. The number of allylic oxidation sites excluding steroid dienone is 2. The number of amides is 1. The van der Waals surface area contributed by atoms with Crippen molar-refractivity contribution in [3.8, 4) is 0 Å². The van der Waals surface area contributed by atoms with Crippen molar-refractivity contribution in [3.63, 3.8) is 0 Å². The number of piperidine rings is 1. The number of ketones is 1. The first-order chi connectivity index (χ1) is 18.3. The Hall–Kier alpha value is -3.37. The van der Waals surface area contributed by atoms with E-state index in [4.69, 9.17) is 0 Å². The summed E-state index contributed by atoms with van der Waals surface area (Å²) in [6, 6.07) is 6.26. The molecular weight excluding hydrogens is 529 g/mol. The van der Waals surface area contributed by atoms with E-state index in [1.807, 2.05) is 0 Å². The molecule has 2 fully saturated rings. The van der Waals surface area contributed by atoms with Crippen molar-refractivity contribution < 1.29 is 40.3 Å². The van der Waals surface area contributed by atoms with E-state index in [0.717, 1.165) is 5.70 Å². The lowest BCUT2D eigenvalue weighted by atomic mass is 9.78. The Morgan fingerprint density at radius 1 is 0.897 bits per heavy atom. The molecule has 0 bridgehead atoms. The van der Waals surface area contributed by atoms with Gasteiger partial charge in [-0.2, -0.15) is 26.3 Å². The second kappa shape index (κ2) is 9.98. The zero-order valence-corrected chi connectivity index (χ0v) is 20.7. The van der Waals surface area contributed by atoms with Gasteiger partial charge in [0.25, 0.3) is 0 Å². The van der Waals surface area contributed by atoms with Gasteiger partial charge < -0.3 is 9.80 Å². The fourth-order valence-corrected chi connectivity index (χ4v) is 6.06. The van der Waals surface area contributed by atoms with Gasteiger partial charge in [0.1, 0.15) is 5.82 Å². The van der Waals surface area contributed by atoms with Crippen molar-refractivity contribution in [1.82, 2.24) is 9.80 Å². The normalized spacial score (nSPS) is 23.7. The standard InChI is InChI=1S/C28H25F7N2O2/c29-21-3-1-17(2-4-21)26-24-15-36(22-5-6-23(38)13-22)14-18(24)7-8-37(26)25(39)11-16-9-19(27(30,31)32)12-20(10-16)28(33,34)35/h1-4,9-10,12-13,18,24,26H,5-8,11,14-15H2/t18?,24-,26+/m1/s1. The molecule has 3 atom stereocenters. The highest BCUT2D eigenvalue weighted by atomic mass is 19.4. The summed E-state index contributed by atoms with van der Waals surface area (Å²) in [5.74, 6) is -1.01. The largest absolute Gasteiger partial charge is 0.416 e. The molecule has 2 saturated heterocycles. The maximum atomic E-state index is 13.7. The Kier molecular flexibility index (Phi) is 6.97. The van der Waals surface area contributed by atoms with Crippen LogP contribution in [-0.4, -0.2) is 41.1 Å². The number of carbonyl (C=O) groups is 2. The van der Waals surface area contributed by atoms with Crippen LogP contribution in [0, 0.1) is 17.7 Å². The fraction of sp³-hybridized carbons (Fsp3) is 0.429. The minimum absolute atomic E-state index is 0.0380. The second-order valence-corrected chi connectivity index (χ2v) is 10.4. The zero-order chi connectivity index (χ0) is 28.1. The summed E-state index contributed by atoms with van der Waals surface area (Å²) in [6.45, 7) is 1.45. The van der Waals surface area contributed by atoms with Crippen LogP contribution in [0.25, 0.3) is 0 Å². The zero-order valence-electron chi connectivity index (χ0n) is 20.7. The number of nitrogens with zero attached hydrogens (tertiary/aromatic N) is 2. The lowest BCUT2D eigenvalue weighted by molar-refractivity contribution is -0.143. The topological polar surface area (TPSA) is 40.6 Å². The molecule has 0 radical (unpaired) electrons. The fourth-order valence-electron chi connectivity index (χ4n) is 6.06. The Labute approximate surface area is 220 Å². The van der Waals surface area contributed by atoms with Gasteiger partial charge in [-0.15, -0.1) is 0 Å². The van der Waals surface area contributed by atoms with Crippen LogP contribution in [0.4, 0.5) is 30.7 Å². The number of carbonyl (C=O) groups excluding carboxylic acids is 2. The van der Waals surface area contributed by atoms with Crippen LogP contribution in [0.5, 0.6) is 0 Å². The Morgan fingerprint density at radius 3 is 2.10 bits per heavy atom. The molecule has 1 unspecified atom stereocenters. The van der Waals surface area contributed by atoms with Crippen LogP contribution in [-0.2, 0) is 28.4 Å². The summed E-state index contributed by atoms with van der Waals surface area (Å²) in [7, 11) is 0. The number of fused-ring (bicyclic) bond motifs is 1. The van der Waals surface area contributed by atoms with E-state index in [1.54, 1.807) is 18.2 Å². The highest BCUT2D eigenvalue weighted by molar-refractivity contribution is 5.92. The molecule has 0 saturated carbocycles. The molecule has 2 aliphatic heterocycles. The number of benzene rings is 2. The molecule has 1 aliphatic carbocycles. The summed E-state index contributed by atoms with van der Waals surface area (Å²) in [5.41, 5.74) is -1.77. The number of hydrogen-bond acceptors (Lipinski definition) is 3. The maximum Gasteiger partial charge on any atom is 0.416 e. The third-order valence-electron chi connectivity index (χ3n) is 7.87. The van der Waals surface area contributed by atoms with Crippen LogP contribution in [0.3, 0.4) is 0 Å². The van der Waals surface area contributed by atoms with Gasteiger partial charge in [-0.3, -0.25) is 9.59 Å². The van der Waals surface area contributed by atoms with Gasteiger partial charge in [0.2, 0.25) is 5.91 Å². The van der Waals surface area contributed by atoms with E-state index in [2.05, 4.69) is 4.90 Å². The SMILES string of the molecule is O=C1C=C(N2CC3CCN(C(=O)Cc4cc(C(F)(F)F)cc(C(F)(F)F)c4)[C@@H](c4ccc(F)cc4)[C@@H]3C2)CC1. The summed E-state index contributed by atoms with van der Waals surface area (Å²) in [5, 5.41) is 0. The first-order valence-corrected chi connectivity index (χ1v) is 12.6. The highest BCUT2D eigenvalue weighted by Gasteiger charge is 2.46. The monoisotopic (exact) mass is 554 g/mol. The van der Waals surface area contributed by atoms with Gasteiger partial charge in [-0.05, 0) is 60.2 Å².